The third-order valence-electron chi connectivity index (χ3n) is 4.01. The zero-order chi connectivity index (χ0) is 20.5. The van der Waals surface area contributed by atoms with Gasteiger partial charge in [-0.2, -0.15) is 0 Å². The van der Waals surface area contributed by atoms with Crippen LogP contribution in [0.15, 0.2) is 48.5 Å². The number of carbonyl (C=O) groups excluding carboxylic acids is 3. The first-order valence-corrected chi connectivity index (χ1v) is 8.80. The fourth-order valence-electron chi connectivity index (χ4n) is 2.45. The normalized spacial score (nSPS) is 10.1. The molecule has 2 aromatic carbocycles. The van der Waals surface area contributed by atoms with Crippen LogP contribution in [-0.4, -0.2) is 49.5 Å². The Morgan fingerprint density at radius 1 is 0.929 bits per heavy atom. The molecule has 0 aromatic heterocycles. The lowest BCUT2D eigenvalue weighted by Crippen LogP contribution is -2.38. The van der Waals surface area contributed by atoms with Crippen molar-refractivity contribution in [2.75, 3.05) is 32.1 Å². The van der Waals surface area contributed by atoms with Crippen molar-refractivity contribution in [2.45, 2.75) is 13.8 Å². The maximum absolute atomic E-state index is 12.2. The van der Waals surface area contributed by atoms with E-state index in [-0.39, 0.29) is 19.1 Å². The maximum atomic E-state index is 12.2. The molecule has 2 amide bonds. The number of esters is 1. The summed E-state index contributed by atoms with van der Waals surface area (Å²) in [5.74, 6) is -0.937. The molecule has 0 saturated carbocycles. The Morgan fingerprint density at radius 2 is 1.57 bits per heavy atom. The standard InChI is InChI=1S/C21H24N2O5/c1-15-8-7-9-16(2)21(15)22-18(24)12-23(3)19(25)13-28-20(26)14-27-17-10-5-4-6-11-17/h4-11H,12-14H2,1-3H3,(H,22,24). The summed E-state index contributed by atoms with van der Waals surface area (Å²) in [5.41, 5.74) is 2.61. The summed E-state index contributed by atoms with van der Waals surface area (Å²) >= 11 is 0. The fourth-order valence-corrected chi connectivity index (χ4v) is 2.45. The molecule has 0 aliphatic carbocycles. The summed E-state index contributed by atoms with van der Waals surface area (Å²) in [6, 6.07) is 14.5. The quantitative estimate of drug-likeness (QED) is 0.706. The first kappa shape index (κ1) is 21.0. The molecule has 0 radical (unpaired) electrons. The van der Waals surface area contributed by atoms with E-state index in [1.54, 1.807) is 24.3 Å². The zero-order valence-corrected chi connectivity index (χ0v) is 16.2. The van der Waals surface area contributed by atoms with Crippen LogP contribution >= 0.6 is 0 Å². The third kappa shape index (κ3) is 6.42. The number of hydrogen-bond donors (Lipinski definition) is 1. The summed E-state index contributed by atoms with van der Waals surface area (Å²) < 4.78 is 10.1. The Morgan fingerprint density at radius 3 is 2.21 bits per heavy atom. The number of ether oxygens (including phenoxy) is 2. The average Bonchev–Trinajstić information content (AvgIpc) is 2.68. The van der Waals surface area contributed by atoms with E-state index >= 15 is 0 Å². The molecule has 0 bridgehead atoms. The highest BCUT2D eigenvalue weighted by atomic mass is 16.6. The molecular weight excluding hydrogens is 360 g/mol. The highest BCUT2D eigenvalue weighted by Crippen LogP contribution is 2.19. The highest BCUT2D eigenvalue weighted by Gasteiger charge is 2.16. The second-order valence-electron chi connectivity index (χ2n) is 6.33. The minimum absolute atomic E-state index is 0.148. The molecule has 0 aliphatic heterocycles. The number of aryl methyl sites for hydroxylation is 2. The van der Waals surface area contributed by atoms with Crippen LogP contribution in [0.2, 0.25) is 0 Å². The van der Waals surface area contributed by atoms with Crippen molar-refractivity contribution in [3.05, 3.63) is 59.7 Å². The van der Waals surface area contributed by atoms with Gasteiger partial charge in [0.15, 0.2) is 13.2 Å². The van der Waals surface area contributed by atoms with Gasteiger partial charge in [-0.15, -0.1) is 0 Å². The van der Waals surface area contributed by atoms with Gasteiger partial charge in [-0.05, 0) is 37.1 Å². The van der Waals surface area contributed by atoms with Crippen LogP contribution in [0.3, 0.4) is 0 Å². The molecule has 0 fully saturated rings. The van der Waals surface area contributed by atoms with Crippen molar-refractivity contribution >= 4 is 23.5 Å². The van der Waals surface area contributed by atoms with E-state index in [4.69, 9.17) is 9.47 Å². The van der Waals surface area contributed by atoms with Crippen LogP contribution in [0.1, 0.15) is 11.1 Å². The van der Waals surface area contributed by atoms with E-state index in [0.717, 1.165) is 16.8 Å². The van der Waals surface area contributed by atoms with Crippen molar-refractivity contribution in [2.24, 2.45) is 0 Å². The van der Waals surface area contributed by atoms with E-state index in [0.29, 0.717) is 5.75 Å². The van der Waals surface area contributed by atoms with Gasteiger partial charge in [0, 0.05) is 12.7 Å². The van der Waals surface area contributed by atoms with Gasteiger partial charge in [0.25, 0.3) is 5.91 Å². The third-order valence-corrected chi connectivity index (χ3v) is 4.01. The van der Waals surface area contributed by atoms with Crippen LogP contribution in [0.25, 0.3) is 0 Å². The number of nitrogens with one attached hydrogen (secondary N) is 1. The number of benzene rings is 2. The zero-order valence-electron chi connectivity index (χ0n) is 16.2. The Bertz CT molecular complexity index is 816. The lowest BCUT2D eigenvalue weighted by atomic mass is 10.1. The number of likely N-dealkylation sites (N-methyl/N-ethyl adjacent to an activating group) is 1. The molecular formula is C21H24N2O5. The Balaban J connectivity index is 1.74. The van der Waals surface area contributed by atoms with Crippen LogP contribution in [-0.2, 0) is 19.1 Å². The van der Waals surface area contributed by atoms with E-state index in [1.165, 1.54) is 11.9 Å². The summed E-state index contributed by atoms with van der Waals surface area (Å²) in [5, 5.41) is 2.81. The van der Waals surface area contributed by atoms with Crippen molar-refractivity contribution in [1.29, 1.82) is 0 Å². The number of amides is 2. The van der Waals surface area contributed by atoms with Crippen LogP contribution < -0.4 is 10.1 Å². The molecule has 0 spiro atoms. The number of carbonyl (C=O) groups is 3. The van der Waals surface area contributed by atoms with E-state index < -0.39 is 18.5 Å². The summed E-state index contributed by atoms with van der Waals surface area (Å²) in [4.78, 5) is 37.2. The van der Waals surface area contributed by atoms with Crippen molar-refractivity contribution in [3.63, 3.8) is 0 Å². The van der Waals surface area contributed by atoms with Gasteiger partial charge in [-0.1, -0.05) is 36.4 Å². The highest BCUT2D eigenvalue weighted by molar-refractivity contribution is 5.96. The molecule has 0 heterocycles. The second kappa shape index (κ2) is 10.1. The smallest absolute Gasteiger partial charge is 0.344 e. The van der Waals surface area contributed by atoms with E-state index in [9.17, 15) is 14.4 Å². The molecule has 7 nitrogen and oxygen atoms in total. The number of nitrogens with zero attached hydrogens (tertiary/aromatic N) is 1. The topological polar surface area (TPSA) is 84.9 Å². The number of hydrogen-bond acceptors (Lipinski definition) is 5. The molecule has 0 unspecified atom stereocenters. The maximum Gasteiger partial charge on any atom is 0.344 e. The van der Waals surface area contributed by atoms with Crippen LogP contribution in [0.4, 0.5) is 5.69 Å². The molecule has 0 atom stereocenters. The molecule has 2 aromatic rings. The molecule has 148 valence electrons. The minimum Gasteiger partial charge on any atom is -0.482 e. The molecule has 0 saturated heterocycles. The Kier molecular flexibility index (Phi) is 7.56. The van der Waals surface area contributed by atoms with Gasteiger partial charge >= 0.3 is 5.97 Å². The lowest BCUT2D eigenvalue weighted by Gasteiger charge is -2.18. The van der Waals surface area contributed by atoms with E-state index in [2.05, 4.69) is 5.32 Å². The number of rotatable bonds is 8. The molecule has 0 aliphatic rings. The average molecular weight is 384 g/mol. The molecule has 7 heteroatoms. The molecule has 2 rings (SSSR count). The van der Waals surface area contributed by atoms with Gasteiger partial charge in [0.05, 0.1) is 6.54 Å². The van der Waals surface area contributed by atoms with Gasteiger partial charge in [-0.25, -0.2) is 4.79 Å². The Labute approximate surface area is 164 Å². The first-order chi connectivity index (χ1) is 13.4. The fraction of sp³-hybridized carbons (Fsp3) is 0.286. The van der Waals surface area contributed by atoms with E-state index in [1.807, 2.05) is 38.1 Å². The van der Waals surface area contributed by atoms with Gasteiger partial charge in [0.1, 0.15) is 5.75 Å². The molecule has 28 heavy (non-hydrogen) atoms. The second-order valence-corrected chi connectivity index (χ2v) is 6.33. The molecule has 1 N–H and O–H groups in total. The Hall–Kier alpha value is -3.35. The van der Waals surface area contributed by atoms with Gasteiger partial charge in [0.2, 0.25) is 5.91 Å². The van der Waals surface area contributed by atoms with Crippen molar-refractivity contribution < 1.29 is 23.9 Å². The largest absolute Gasteiger partial charge is 0.482 e. The first-order valence-electron chi connectivity index (χ1n) is 8.80. The monoisotopic (exact) mass is 384 g/mol. The van der Waals surface area contributed by atoms with Crippen LogP contribution in [0, 0.1) is 13.8 Å². The number of para-hydroxylation sites is 2. The van der Waals surface area contributed by atoms with Crippen molar-refractivity contribution in [1.82, 2.24) is 4.90 Å². The summed E-state index contributed by atoms with van der Waals surface area (Å²) in [7, 11) is 1.47. The summed E-state index contributed by atoms with van der Waals surface area (Å²) in [6.45, 7) is 2.89. The van der Waals surface area contributed by atoms with Gasteiger partial charge < -0.3 is 19.7 Å². The lowest BCUT2D eigenvalue weighted by molar-refractivity contribution is -0.153. The van der Waals surface area contributed by atoms with Gasteiger partial charge in [-0.3, -0.25) is 9.59 Å². The predicted molar refractivity (Wildman–Crippen MR) is 105 cm³/mol. The summed E-state index contributed by atoms with van der Waals surface area (Å²) in [6.07, 6.45) is 0. The van der Waals surface area contributed by atoms with Crippen LogP contribution in [0.5, 0.6) is 5.75 Å². The predicted octanol–water partition coefficient (Wildman–Crippen LogP) is 2.32. The SMILES string of the molecule is Cc1cccc(C)c1NC(=O)CN(C)C(=O)COC(=O)COc1ccccc1. The minimum atomic E-state index is -0.661. The number of anilines is 1. The van der Waals surface area contributed by atoms with Crippen molar-refractivity contribution in [3.8, 4) is 5.75 Å².